The number of carbonyl (C=O) groups excluding carboxylic acids is 1. The van der Waals surface area contributed by atoms with Crippen LogP contribution in [0.15, 0.2) is 18.2 Å². The van der Waals surface area contributed by atoms with E-state index in [9.17, 15) is 9.18 Å². The van der Waals surface area contributed by atoms with E-state index in [1.54, 1.807) is 6.07 Å². The van der Waals surface area contributed by atoms with Crippen molar-refractivity contribution in [1.29, 1.82) is 0 Å². The summed E-state index contributed by atoms with van der Waals surface area (Å²) in [5, 5.41) is 2.92. The Morgan fingerprint density at radius 2 is 2.26 bits per heavy atom. The molecule has 126 valence electrons. The van der Waals surface area contributed by atoms with Gasteiger partial charge in [-0.05, 0) is 31.7 Å². The molecule has 1 aromatic rings. The highest BCUT2D eigenvalue weighted by Gasteiger charge is 2.60. The van der Waals surface area contributed by atoms with Gasteiger partial charge in [0.25, 0.3) is 0 Å². The maximum Gasteiger partial charge on any atom is 0.238 e. The van der Waals surface area contributed by atoms with Gasteiger partial charge in [0.2, 0.25) is 5.91 Å². The van der Waals surface area contributed by atoms with Crippen LogP contribution < -0.4 is 5.32 Å². The molecule has 1 aliphatic heterocycles. The molecule has 0 spiro atoms. The van der Waals surface area contributed by atoms with Crippen molar-refractivity contribution < 1.29 is 13.9 Å². The summed E-state index contributed by atoms with van der Waals surface area (Å²) in [6, 6.07) is 4.52. The van der Waals surface area contributed by atoms with Crippen molar-refractivity contribution in [3.63, 3.8) is 0 Å². The fraction of sp³-hybridized carbons (Fsp3) is 0.588. The Labute approximate surface area is 140 Å². The number of fused-ring (bicyclic) bond motifs is 1. The van der Waals surface area contributed by atoms with Gasteiger partial charge in [-0.2, -0.15) is 0 Å². The average molecular weight is 341 g/mol. The lowest BCUT2D eigenvalue weighted by Crippen LogP contribution is -2.66. The third kappa shape index (κ3) is 2.97. The van der Waals surface area contributed by atoms with Gasteiger partial charge in [-0.3, -0.25) is 9.69 Å². The number of hydrogen-bond donors (Lipinski definition) is 1. The summed E-state index contributed by atoms with van der Waals surface area (Å²) in [6.07, 6.45) is 1.32. The van der Waals surface area contributed by atoms with E-state index in [-0.39, 0.29) is 29.7 Å². The van der Waals surface area contributed by atoms with E-state index >= 15 is 0 Å². The molecule has 6 heteroatoms. The molecule has 1 saturated carbocycles. The number of carbonyl (C=O) groups is 1. The summed E-state index contributed by atoms with van der Waals surface area (Å²) in [7, 11) is 1.94. The molecule has 1 heterocycles. The zero-order valence-electron chi connectivity index (χ0n) is 13.6. The lowest BCUT2D eigenvalue weighted by atomic mass is 9.57. The van der Waals surface area contributed by atoms with Gasteiger partial charge >= 0.3 is 0 Å². The smallest absolute Gasteiger partial charge is 0.238 e. The molecule has 1 aromatic carbocycles. The van der Waals surface area contributed by atoms with Crippen LogP contribution >= 0.6 is 11.6 Å². The molecule has 3 atom stereocenters. The van der Waals surface area contributed by atoms with Crippen LogP contribution in [0.25, 0.3) is 0 Å². The standard InChI is InChI=1S/C17H22ClFN2O2/c1-17(2)15(11-6-7-23-16(11)17)21(3)9-14(22)20-13-5-4-10(18)8-12(13)19/h4-5,8,11,15-16H,6-7,9H2,1-3H3,(H,20,22)/t11-,15-,16-/m1/s1. The minimum atomic E-state index is -0.526. The molecule has 4 nitrogen and oxygen atoms in total. The van der Waals surface area contributed by atoms with Crippen molar-refractivity contribution in [2.24, 2.45) is 11.3 Å². The van der Waals surface area contributed by atoms with Crippen molar-refractivity contribution >= 4 is 23.2 Å². The Kier molecular flexibility index (Phi) is 4.38. The first kappa shape index (κ1) is 16.7. The summed E-state index contributed by atoms with van der Waals surface area (Å²) < 4.78 is 19.5. The number of benzene rings is 1. The van der Waals surface area contributed by atoms with Gasteiger partial charge in [-0.1, -0.05) is 25.4 Å². The monoisotopic (exact) mass is 340 g/mol. The number of amides is 1. The number of hydrogen-bond acceptors (Lipinski definition) is 3. The number of likely N-dealkylation sites (N-methyl/N-ethyl adjacent to an activating group) is 1. The highest BCUT2D eigenvalue weighted by molar-refractivity contribution is 6.30. The predicted molar refractivity (Wildman–Crippen MR) is 88.1 cm³/mol. The van der Waals surface area contributed by atoms with Gasteiger partial charge in [0.15, 0.2) is 0 Å². The van der Waals surface area contributed by atoms with E-state index in [1.807, 2.05) is 7.05 Å². The summed E-state index contributed by atoms with van der Waals surface area (Å²) in [6.45, 7) is 5.37. The summed E-state index contributed by atoms with van der Waals surface area (Å²) in [5.41, 5.74) is 0.185. The Balaban J connectivity index is 1.61. The van der Waals surface area contributed by atoms with Crippen LogP contribution in [0, 0.1) is 17.2 Å². The Morgan fingerprint density at radius 1 is 1.52 bits per heavy atom. The van der Waals surface area contributed by atoms with E-state index in [2.05, 4.69) is 24.1 Å². The van der Waals surface area contributed by atoms with Crippen LogP contribution in [0.3, 0.4) is 0 Å². The summed E-state index contributed by atoms with van der Waals surface area (Å²) >= 11 is 5.72. The number of ether oxygens (including phenoxy) is 1. The Hall–Kier alpha value is -1.17. The molecular weight excluding hydrogens is 319 g/mol. The Morgan fingerprint density at radius 3 is 2.96 bits per heavy atom. The van der Waals surface area contributed by atoms with Crippen LogP contribution in [0.1, 0.15) is 20.3 Å². The van der Waals surface area contributed by atoms with Gasteiger partial charge in [0, 0.05) is 29.0 Å². The largest absolute Gasteiger partial charge is 0.377 e. The molecule has 0 radical (unpaired) electrons. The van der Waals surface area contributed by atoms with Crippen molar-refractivity contribution in [1.82, 2.24) is 4.90 Å². The number of halogens is 2. The van der Waals surface area contributed by atoms with Crippen LogP contribution in [-0.4, -0.2) is 43.2 Å². The lowest BCUT2D eigenvalue weighted by molar-refractivity contribution is -0.152. The third-order valence-electron chi connectivity index (χ3n) is 5.11. The van der Waals surface area contributed by atoms with E-state index in [0.29, 0.717) is 17.0 Å². The lowest BCUT2D eigenvalue weighted by Gasteiger charge is -2.57. The van der Waals surface area contributed by atoms with Crippen LogP contribution in [-0.2, 0) is 9.53 Å². The highest BCUT2D eigenvalue weighted by Crippen LogP contribution is 2.54. The zero-order chi connectivity index (χ0) is 16.8. The first-order chi connectivity index (χ1) is 10.8. The number of anilines is 1. The first-order valence-electron chi connectivity index (χ1n) is 7.87. The molecule has 0 bridgehead atoms. The molecule has 2 fully saturated rings. The van der Waals surface area contributed by atoms with Gasteiger partial charge in [-0.25, -0.2) is 4.39 Å². The molecule has 3 rings (SSSR count). The number of nitrogens with zero attached hydrogens (tertiary/aromatic N) is 1. The van der Waals surface area contributed by atoms with Crippen LogP contribution in [0.4, 0.5) is 10.1 Å². The molecule has 23 heavy (non-hydrogen) atoms. The van der Waals surface area contributed by atoms with E-state index in [1.165, 1.54) is 12.1 Å². The maximum atomic E-state index is 13.8. The highest BCUT2D eigenvalue weighted by atomic mass is 35.5. The predicted octanol–water partition coefficient (Wildman–Crippen LogP) is 3.16. The third-order valence-corrected chi connectivity index (χ3v) is 5.35. The van der Waals surface area contributed by atoms with Gasteiger partial charge in [0.05, 0.1) is 18.3 Å². The normalized spacial score (nSPS) is 28.3. The second-order valence-electron chi connectivity index (χ2n) is 7.10. The van der Waals surface area contributed by atoms with Crippen LogP contribution in [0.5, 0.6) is 0 Å². The minimum absolute atomic E-state index is 0.0295. The molecule has 1 N–H and O–H groups in total. The molecular formula is C17H22ClFN2O2. The number of rotatable bonds is 4. The SMILES string of the molecule is CN(CC(=O)Nc1ccc(Cl)cc1F)[C@@H]1[C@H]2CCO[C@H]2C1(C)C. The fourth-order valence-electron chi connectivity index (χ4n) is 4.30. The first-order valence-corrected chi connectivity index (χ1v) is 8.25. The van der Waals surface area contributed by atoms with Crippen LogP contribution in [0.2, 0.25) is 5.02 Å². The van der Waals surface area contributed by atoms with Crippen molar-refractivity contribution in [2.75, 3.05) is 25.5 Å². The molecule has 0 unspecified atom stereocenters. The molecule has 1 aliphatic carbocycles. The fourth-order valence-corrected chi connectivity index (χ4v) is 4.46. The van der Waals surface area contributed by atoms with Crippen molar-refractivity contribution in [3.05, 3.63) is 29.0 Å². The summed E-state index contributed by atoms with van der Waals surface area (Å²) in [4.78, 5) is 14.3. The number of nitrogens with one attached hydrogen (secondary N) is 1. The van der Waals surface area contributed by atoms with Gasteiger partial charge < -0.3 is 10.1 Å². The van der Waals surface area contributed by atoms with Crippen molar-refractivity contribution in [2.45, 2.75) is 32.4 Å². The second-order valence-corrected chi connectivity index (χ2v) is 7.53. The van der Waals surface area contributed by atoms with E-state index < -0.39 is 5.82 Å². The topological polar surface area (TPSA) is 41.6 Å². The van der Waals surface area contributed by atoms with E-state index in [4.69, 9.17) is 16.3 Å². The summed E-state index contributed by atoms with van der Waals surface area (Å²) in [5.74, 6) is -0.274. The molecule has 1 amide bonds. The minimum Gasteiger partial charge on any atom is -0.377 e. The Bertz CT molecular complexity index is 623. The molecule has 2 aliphatic rings. The van der Waals surface area contributed by atoms with E-state index in [0.717, 1.165) is 13.0 Å². The van der Waals surface area contributed by atoms with Gasteiger partial charge in [-0.15, -0.1) is 0 Å². The quantitative estimate of drug-likeness (QED) is 0.915. The van der Waals surface area contributed by atoms with Gasteiger partial charge in [0.1, 0.15) is 5.82 Å². The van der Waals surface area contributed by atoms with Crippen molar-refractivity contribution in [3.8, 4) is 0 Å². The maximum absolute atomic E-state index is 13.8. The average Bonchev–Trinajstić information content (AvgIpc) is 2.87. The molecule has 1 saturated heterocycles. The molecule has 0 aromatic heterocycles. The zero-order valence-corrected chi connectivity index (χ0v) is 14.4. The second kappa shape index (κ2) is 6.04.